The molecular formula is C13H20N2OS2. The molecule has 0 aromatic carbocycles. The second-order valence-corrected chi connectivity index (χ2v) is 6.34. The maximum absolute atomic E-state index is 12.0. The van der Waals surface area contributed by atoms with Crippen LogP contribution in [0, 0.1) is 0 Å². The first-order valence-electron chi connectivity index (χ1n) is 6.43. The van der Waals surface area contributed by atoms with E-state index in [1.165, 1.54) is 4.88 Å². The zero-order chi connectivity index (χ0) is 13.0. The van der Waals surface area contributed by atoms with Crippen LogP contribution in [0.25, 0.3) is 0 Å². The number of thiophene rings is 1. The minimum atomic E-state index is 0.244. The Morgan fingerprint density at radius 2 is 2.22 bits per heavy atom. The van der Waals surface area contributed by atoms with Gasteiger partial charge in [0.2, 0.25) is 5.91 Å². The Labute approximate surface area is 117 Å². The first kappa shape index (κ1) is 13.9. The monoisotopic (exact) mass is 284 g/mol. The number of carbonyl (C=O) groups excluding carboxylic acids is 1. The van der Waals surface area contributed by atoms with Crippen molar-refractivity contribution in [1.29, 1.82) is 0 Å². The van der Waals surface area contributed by atoms with Crippen LogP contribution in [0.1, 0.15) is 24.1 Å². The van der Waals surface area contributed by atoms with E-state index < -0.39 is 0 Å². The quantitative estimate of drug-likeness (QED) is 0.802. The van der Waals surface area contributed by atoms with Gasteiger partial charge in [-0.2, -0.15) is 0 Å². The molecule has 3 nitrogen and oxygen atoms in total. The van der Waals surface area contributed by atoms with E-state index in [9.17, 15) is 4.79 Å². The van der Waals surface area contributed by atoms with Crippen molar-refractivity contribution in [3.63, 3.8) is 0 Å². The molecule has 2 heterocycles. The van der Waals surface area contributed by atoms with Crippen molar-refractivity contribution in [1.82, 2.24) is 9.80 Å². The average molecular weight is 284 g/mol. The highest BCUT2D eigenvalue weighted by Crippen LogP contribution is 2.40. The summed E-state index contributed by atoms with van der Waals surface area (Å²) < 4.78 is 0. The molecule has 18 heavy (non-hydrogen) atoms. The molecule has 1 unspecified atom stereocenters. The highest BCUT2D eigenvalue weighted by molar-refractivity contribution is 8.00. The van der Waals surface area contributed by atoms with Gasteiger partial charge >= 0.3 is 0 Å². The van der Waals surface area contributed by atoms with E-state index in [1.807, 2.05) is 4.90 Å². The van der Waals surface area contributed by atoms with Crippen molar-refractivity contribution in [2.75, 3.05) is 31.9 Å². The van der Waals surface area contributed by atoms with Crippen LogP contribution in [0.4, 0.5) is 0 Å². The zero-order valence-corrected chi connectivity index (χ0v) is 12.6. The molecule has 1 saturated heterocycles. The summed E-state index contributed by atoms with van der Waals surface area (Å²) in [6.07, 6.45) is 0. The molecule has 1 aliphatic rings. The summed E-state index contributed by atoms with van der Waals surface area (Å²) in [5.74, 6) is 0.909. The van der Waals surface area contributed by atoms with Crippen molar-refractivity contribution in [3.05, 3.63) is 22.4 Å². The van der Waals surface area contributed by atoms with Gasteiger partial charge in [-0.05, 0) is 24.5 Å². The molecule has 1 fully saturated rings. The molecule has 0 bridgehead atoms. The van der Waals surface area contributed by atoms with E-state index in [0.29, 0.717) is 5.75 Å². The van der Waals surface area contributed by atoms with Gasteiger partial charge in [0.15, 0.2) is 0 Å². The van der Waals surface area contributed by atoms with Crippen LogP contribution in [-0.2, 0) is 4.79 Å². The van der Waals surface area contributed by atoms with Gasteiger partial charge in [0.25, 0.3) is 0 Å². The van der Waals surface area contributed by atoms with Crippen molar-refractivity contribution in [2.45, 2.75) is 19.2 Å². The summed E-state index contributed by atoms with van der Waals surface area (Å²) in [6, 6.07) is 4.19. The molecule has 1 aromatic rings. The molecule has 1 amide bonds. The Hall–Kier alpha value is -0.520. The zero-order valence-electron chi connectivity index (χ0n) is 11.0. The van der Waals surface area contributed by atoms with Crippen molar-refractivity contribution < 1.29 is 4.79 Å². The second-order valence-electron chi connectivity index (χ2n) is 4.29. The maximum Gasteiger partial charge on any atom is 0.233 e. The van der Waals surface area contributed by atoms with Crippen LogP contribution in [0.15, 0.2) is 17.5 Å². The molecule has 0 N–H and O–H groups in total. The van der Waals surface area contributed by atoms with E-state index in [4.69, 9.17) is 0 Å². The van der Waals surface area contributed by atoms with Gasteiger partial charge in [-0.25, -0.2) is 0 Å². The smallest absolute Gasteiger partial charge is 0.233 e. The topological polar surface area (TPSA) is 23.6 Å². The normalized spacial score (nSPS) is 20.1. The Balaban J connectivity index is 1.98. The molecule has 0 radical (unpaired) electrons. The largest absolute Gasteiger partial charge is 0.324 e. The molecule has 0 aliphatic carbocycles. The van der Waals surface area contributed by atoms with Crippen molar-refractivity contribution >= 4 is 29.0 Å². The average Bonchev–Trinajstić information content (AvgIpc) is 3.00. The van der Waals surface area contributed by atoms with Crippen LogP contribution in [0.2, 0.25) is 0 Å². The number of rotatable bonds is 6. The second kappa shape index (κ2) is 6.59. The standard InChI is InChI=1S/C13H20N2OS2/c1-3-14(4-2)7-8-15-12(16)10-18-13(15)11-6-5-9-17-11/h5-6,9,13H,3-4,7-8,10H2,1-2H3. The fraction of sp³-hybridized carbons (Fsp3) is 0.615. The van der Waals surface area contributed by atoms with Crippen LogP contribution in [-0.4, -0.2) is 47.6 Å². The summed E-state index contributed by atoms with van der Waals surface area (Å²) in [4.78, 5) is 17.7. The Morgan fingerprint density at radius 1 is 1.44 bits per heavy atom. The van der Waals surface area contributed by atoms with Crippen LogP contribution in [0.3, 0.4) is 0 Å². The van der Waals surface area contributed by atoms with Crippen LogP contribution in [0.5, 0.6) is 0 Å². The van der Waals surface area contributed by atoms with Crippen molar-refractivity contribution in [3.8, 4) is 0 Å². The molecule has 100 valence electrons. The van der Waals surface area contributed by atoms with E-state index >= 15 is 0 Å². The van der Waals surface area contributed by atoms with E-state index in [0.717, 1.165) is 26.2 Å². The van der Waals surface area contributed by atoms with Gasteiger partial charge in [-0.15, -0.1) is 23.1 Å². The van der Waals surface area contributed by atoms with Crippen molar-refractivity contribution in [2.24, 2.45) is 0 Å². The molecule has 5 heteroatoms. The number of amides is 1. The SMILES string of the molecule is CCN(CC)CCN1C(=O)CSC1c1cccs1. The summed E-state index contributed by atoms with van der Waals surface area (Å²) in [5, 5.41) is 2.33. The predicted octanol–water partition coefficient (Wildman–Crippen LogP) is 2.66. The third-order valence-electron chi connectivity index (χ3n) is 3.31. The number of likely N-dealkylation sites (N-methyl/N-ethyl adjacent to an activating group) is 1. The molecule has 2 rings (SSSR count). The first-order chi connectivity index (χ1) is 8.76. The minimum absolute atomic E-state index is 0.244. The number of carbonyl (C=O) groups is 1. The highest BCUT2D eigenvalue weighted by atomic mass is 32.2. The predicted molar refractivity (Wildman–Crippen MR) is 79.0 cm³/mol. The summed E-state index contributed by atoms with van der Waals surface area (Å²) >= 11 is 3.49. The number of hydrogen-bond donors (Lipinski definition) is 0. The van der Waals surface area contributed by atoms with E-state index in [2.05, 4.69) is 36.3 Å². The lowest BCUT2D eigenvalue weighted by molar-refractivity contribution is -0.128. The lowest BCUT2D eigenvalue weighted by atomic mass is 10.3. The summed E-state index contributed by atoms with van der Waals surface area (Å²) in [6.45, 7) is 8.25. The first-order valence-corrected chi connectivity index (χ1v) is 8.36. The Kier molecular flexibility index (Phi) is 5.09. The molecule has 1 atom stereocenters. The third kappa shape index (κ3) is 3.08. The highest BCUT2D eigenvalue weighted by Gasteiger charge is 2.33. The molecular weight excluding hydrogens is 264 g/mol. The maximum atomic E-state index is 12.0. The third-order valence-corrected chi connectivity index (χ3v) is 5.62. The number of nitrogens with zero attached hydrogens (tertiary/aromatic N) is 2. The van der Waals surface area contributed by atoms with E-state index in [1.54, 1.807) is 23.1 Å². The van der Waals surface area contributed by atoms with Gasteiger partial charge in [-0.3, -0.25) is 4.79 Å². The van der Waals surface area contributed by atoms with Gasteiger partial charge in [-0.1, -0.05) is 19.9 Å². The van der Waals surface area contributed by atoms with Gasteiger partial charge in [0.1, 0.15) is 5.37 Å². The lowest BCUT2D eigenvalue weighted by Gasteiger charge is -2.26. The van der Waals surface area contributed by atoms with Gasteiger partial charge in [0, 0.05) is 18.0 Å². The van der Waals surface area contributed by atoms with Gasteiger partial charge < -0.3 is 9.80 Å². The van der Waals surface area contributed by atoms with Crippen LogP contribution >= 0.6 is 23.1 Å². The number of hydrogen-bond acceptors (Lipinski definition) is 4. The lowest BCUT2D eigenvalue weighted by Crippen LogP contribution is -2.37. The van der Waals surface area contributed by atoms with Gasteiger partial charge in [0.05, 0.1) is 5.75 Å². The minimum Gasteiger partial charge on any atom is -0.324 e. The van der Waals surface area contributed by atoms with E-state index in [-0.39, 0.29) is 11.3 Å². The fourth-order valence-corrected chi connectivity index (χ4v) is 4.35. The molecule has 1 aliphatic heterocycles. The van der Waals surface area contributed by atoms with Crippen LogP contribution < -0.4 is 0 Å². The fourth-order valence-electron chi connectivity index (χ4n) is 2.15. The molecule has 0 spiro atoms. The number of thioether (sulfide) groups is 1. The molecule has 1 aromatic heterocycles. The summed E-state index contributed by atoms with van der Waals surface area (Å²) in [7, 11) is 0. The molecule has 0 saturated carbocycles. The Morgan fingerprint density at radius 3 is 2.83 bits per heavy atom. The summed E-state index contributed by atoms with van der Waals surface area (Å²) in [5.41, 5.74) is 0. The Bertz CT molecular complexity index is 376.